The number of amides is 2. The molecule has 66 valence electrons. The minimum Gasteiger partial charge on any atom is -0.337 e. The SMILES string of the molecule is CC(C)(C)CCNC(=O)NN. The van der Waals surface area contributed by atoms with Crippen molar-refractivity contribution in [3.63, 3.8) is 0 Å². The third-order valence-electron chi connectivity index (χ3n) is 1.29. The zero-order valence-electron chi connectivity index (χ0n) is 7.40. The number of carbonyl (C=O) groups excluding carboxylic acids is 1. The molecule has 0 saturated carbocycles. The summed E-state index contributed by atoms with van der Waals surface area (Å²) in [6.45, 7) is 7.02. The molecule has 0 atom stereocenters. The molecule has 0 bridgehead atoms. The summed E-state index contributed by atoms with van der Waals surface area (Å²) >= 11 is 0. The summed E-state index contributed by atoms with van der Waals surface area (Å²) in [6.07, 6.45) is 0.945. The van der Waals surface area contributed by atoms with Crippen molar-refractivity contribution >= 4 is 6.03 Å². The second kappa shape index (κ2) is 4.18. The molecule has 0 saturated heterocycles. The lowest BCUT2D eigenvalue weighted by Crippen LogP contribution is -2.40. The van der Waals surface area contributed by atoms with Crippen LogP contribution in [0.4, 0.5) is 4.79 Å². The average Bonchev–Trinajstić information content (AvgIpc) is 1.85. The Morgan fingerprint density at radius 3 is 2.36 bits per heavy atom. The Balaban J connectivity index is 3.35. The van der Waals surface area contributed by atoms with Crippen LogP contribution in [-0.4, -0.2) is 12.6 Å². The quantitative estimate of drug-likeness (QED) is 0.314. The smallest absolute Gasteiger partial charge is 0.328 e. The number of urea groups is 1. The summed E-state index contributed by atoms with van der Waals surface area (Å²) in [4.78, 5) is 10.6. The third kappa shape index (κ3) is 7.12. The molecule has 0 aromatic heterocycles. The van der Waals surface area contributed by atoms with E-state index in [1.165, 1.54) is 0 Å². The Kier molecular flexibility index (Phi) is 3.89. The van der Waals surface area contributed by atoms with E-state index in [0.717, 1.165) is 6.42 Å². The fraction of sp³-hybridized carbons (Fsp3) is 0.857. The van der Waals surface area contributed by atoms with Gasteiger partial charge in [-0.2, -0.15) is 0 Å². The Morgan fingerprint density at radius 2 is 2.00 bits per heavy atom. The summed E-state index contributed by atoms with van der Waals surface area (Å²) in [5.41, 5.74) is 2.25. The maximum Gasteiger partial charge on any atom is 0.328 e. The fourth-order valence-electron chi connectivity index (χ4n) is 0.602. The van der Waals surface area contributed by atoms with E-state index in [1.807, 2.05) is 5.43 Å². The highest BCUT2D eigenvalue weighted by atomic mass is 16.2. The van der Waals surface area contributed by atoms with Gasteiger partial charge < -0.3 is 5.32 Å². The summed E-state index contributed by atoms with van der Waals surface area (Å²) in [5.74, 6) is 4.86. The van der Waals surface area contributed by atoms with Gasteiger partial charge in [0, 0.05) is 6.54 Å². The van der Waals surface area contributed by atoms with Gasteiger partial charge in [-0.1, -0.05) is 20.8 Å². The lowest BCUT2D eigenvalue weighted by atomic mass is 9.92. The van der Waals surface area contributed by atoms with Crippen LogP contribution in [-0.2, 0) is 0 Å². The standard InChI is InChI=1S/C7H17N3O/c1-7(2,3)4-5-9-6(11)10-8/h4-5,8H2,1-3H3,(H2,9,10,11). The number of hydrogen-bond acceptors (Lipinski definition) is 2. The maximum atomic E-state index is 10.6. The van der Waals surface area contributed by atoms with Gasteiger partial charge >= 0.3 is 6.03 Å². The molecule has 0 rings (SSSR count). The van der Waals surface area contributed by atoms with Crippen LogP contribution in [0.1, 0.15) is 27.2 Å². The molecule has 0 aromatic rings. The van der Waals surface area contributed by atoms with Gasteiger partial charge in [-0.15, -0.1) is 0 Å². The van der Waals surface area contributed by atoms with Crippen molar-refractivity contribution in [2.45, 2.75) is 27.2 Å². The molecule has 0 aliphatic rings. The van der Waals surface area contributed by atoms with E-state index in [0.29, 0.717) is 6.54 Å². The van der Waals surface area contributed by atoms with E-state index in [4.69, 9.17) is 5.84 Å². The minimum atomic E-state index is -0.325. The molecule has 0 aliphatic carbocycles. The van der Waals surface area contributed by atoms with Gasteiger partial charge in [0.1, 0.15) is 0 Å². The largest absolute Gasteiger partial charge is 0.337 e. The van der Waals surface area contributed by atoms with Crippen LogP contribution in [0.3, 0.4) is 0 Å². The molecular formula is C7H17N3O. The first-order valence-corrected chi connectivity index (χ1v) is 3.70. The average molecular weight is 159 g/mol. The van der Waals surface area contributed by atoms with Crippen LogP contribution in [0.5, 0.6) is 0 Å². The van der Waals surface area contributed by atoms with E-state index in [-0.39, 0.29) is 11.4 Å². The lowest BCUT2D eigenvalue weighted by molar-refractivity contribution is 0.239. The number of nitrogens with two attached hydrogens (primary N) is 1. The van der Waals surface area contributed by atoms with Crippen molar-refractivity contribution in [3.05, 3.63) is 0 Å². The zero-order chi connectivity index (χ0) is 8.91. The minimum absolute atomic E-state index is 0.252. The van der Waals surface area contributed by atoms with Crippen molar-refractivity contribution in [2.75, 3.05) is 6.54 Å². The summed E-state index contributed by atoms with van der Waals surface area (Å²) < 4.78 is 0. The van der Waals surface area contributed by atoms with E-state index < -0.39 is 0 Å². The number of nitrogens with one attached hydrogen (secondary N) is 2. The number of hydrogen-bond donors (Lipinski definition) is 3. The first kappa shape index (κ1) is 10.2. The monoisotopic (exact) mass is 159 g/mol. The van der Waals surface area contributed by atoms with Crippen molar-refractivity contribution in [2.24, 2.45) is 11.3 Å². The van der Waals surface area contributed by atoms with Gasteiger partial charge in [-0.3, -0.25) is 5.43 Å². The molecule has 0 heterocycles. The zero-order valence-corrected chi connectivity index (χ0v) is 7.40. The van der Waals surface area contributed by atoms with E-state index in [9.17, 15) is 4.79 Å². The molecular weight excluding hydrogens is 142 g/mol. The molecule has 0 radical (unpaired) electrons. The molecule has 0 unspecified atom stereocenters. The van der Waals surface area contributed by atoms with Gasteiger partial charge in [0.05, 0.1) is 0 Å². The Bertz CT molecular complexity index is 128. The normalized spacial score (nSPS) is 10.9. The van der Waals surface area contributed by atoms with Crippen molar-refractivity contribution < 1.29 is 4.79 Å². The predicted molar refractivity (Wildman–Crippen MR) is 44.8 cm³/mol. The maximum absolute atomic E-state index is 10.6. The Hall–Kier alpha value is -0.770. The van der Waals surface area contributed by atoms with Gasteiger partial charge in [-0.05, 0) is 11.8 Å². The number of carbonyl (C=O) groups is 1. The second-order valence-corrected chi connectivity index (χ2v) is 3.71. The molecule has 0 aliphatic heterocycles. The van der Waals surface area contributed by atoms with Crippen molar-refractivity contribution in [3.8, 4) is 0 Å². The summed E-state index contributed by atoms with van der Waals surface area (Å²) in [7, 11) is 0. The van der Waals surface area contributed by atoms with Crippen LogP contribution in [0, 0.1) is 5.41 Å². The van der Waals surface area contributed by atoms with Gasteiger partial charge in [0.15, 0.2) is 0 Å². The molecule has 4 nitrogen and oxygen atoms in total. The molecule has 4 N–H and O–H groups in total. The van der Waals surface area contributed by atoms with Crippen molar-refractivity contribution in [1.29, 1.82) is 0 Å². The van der Waals surface area contributed by atoms with Crippen LogP contribution in [0.15, 0.2) is 0 Å². The van der Waals surface area contributed by atoms with Crippen LogP contribution in [0.25, 0.3) is 0 Å². The fourth-order valence-corrected chi connectivity index (χ4v) is 0.602. The van der Waals surface area contributed by atoms with Gasteiger partial charge in [0.25, 0.3) is 0 Å². The highest BCUT2D eigenvalue weighted by Crippen LogP contribution is 2.16. The molecule has 2 amide bonds. The third-order valence-corrected chi connectivity index (χ3v) is 1.29. The summed E-state index contributed by atoms with van der Waals surface area (Å²) in [5, 5.41) is 2.61. The second-order valence-electron chi connectivity index (χ2n) is 3.71. The number of rotatable bonds is 2. The predicted octanol–water partition coefficient (Wildman–Crippen LogP) is 0.596. The molecule has 11 heavy (non-hydrogen) atoms. The van der Waals surface area contributed by atoms with Crippen LogP contribution in [0.2, 0.25) is 0 Å². The van der Waals surface area contributed by atoms with Crippen molar-refractivity contribution in [1.82, 2.24) is 10.7 Å². The van der Waals surface area contributed by atoms with Crippen LogP contribution >= 0.6 is 0 Å². The highest BCUT2D eigenvalue weighted by Gasteiger charge is 2.09. The van der Waals surface area contributed by atoms with Crippen LogP contribution < -0.4 is 16.6 Å². The Labute approximate surface area is 67.5 Å². The van der Waals surface area contributed by atoms with Gasteiger partial charge in [0.2, 0.25) is 0 Å². The molecule has 0 spiro atoms. The van der Waals surface area contributed by atoms with Gasteiger partial charge in [-0.25, -0.2) is 10.6 Å². The number of hydrazine groups is 1. The Morgan fingerprint density at radius 1 is 1.45 bits per heavy atom. The first-order chi connectivity index (χ1) is 4.95. The lowest BCUT2D eigenvalue weighted by Gasteiger charge is -2.17. The first-order valence-electron chi connectivity index (χ1n) is 3.70. The molecule has 0 aromatic carbocycles. The van der Waals surface area contributed by atoms with E-state index >= 15 is 0 Å². The molecule has 0 fully saturated rings. The van der Waals surface area contributed by atoms with E-state index in [2.05, 4.69) is 26.1 Å². The summed E-state index contributed by atoms with van der Waals surface area (Å²) in [6, 6.07) is -0.325. The molecule has 4 heteroatoms. The highest BCUT2D eigenvalue weighted by molar-refractivity contribution is 5.72. The van der Waals surface area contributed by atoms with E-state index in [1.54, 1.807) is 0 Å². The topological polar surface area (TPSA) is 67.2 Å².